The summed E-state index contributed by atoms with van der Waals surface area (Å²) in [7, 11) is 4.08. The van der Waals surface area contributed by atoms with Gasteiger partial charge in [-0.1, -0.05) is 0 Å². The quantitative estimate of drug-likeness (QED) is 0.401. The Balaban J connectivity index is 0.00000261. The fraction of sp³-hybridized carbons (Fsp3) is 0.650. The highest BCUT2D eigenvalue weighted by Gasteiger charge is 2.21. The molecule has 3 rings (SSSR count). The zero-order chi connectivity index (χ0) is 18.4. The first-order valence-corrected chi connectivity index (χ1v) is 9.80. The fourth-order valence-corrected chi connectivity index (χ4v) is 3.90. The summed E-state index contributed by atoms with van der Waals surface area (Å²) < 4.78 is 13.1. The molecule has 0 radical (unpaired) electrons. The Morgan fingerprint density at radius 1 is 1.07 bits per heavy atom. The molecule has 1 aromatic carbocycles. The Morgan fingerprint density at radius 2 is 1.70 bits per heavy atom. The lowest BCUT2D eigenvalue weighted by Crippen LogP contribution is -2.52. The van der Waals surface area contributed by atoms with Crippen LogP contribution in [0.1, 0.15) is 19.3 Å². The monoisotopic (exact) mass is 489 g/mol. The van der Waals surface area contributed by atoms with Crippen molar-refractivity contribution in [1.82, 2.24) is 15.1 Å². The number of benzene rings is 1. The molecule has 2 aliphatic rings. The minimum atomic E-state index is -0.179. The van der Waals surface area contributed by atoms with Crippen molar-refractivity contribution < 1.29 is 4.39 Å². The largest absolute Gasteiger partial charge is 0.368 e. The molecule has 7 heteroatoms. The van der Waals surface area contributed by atoms with Crippen molar-refractivity contribution in [3.63, 3.8) is 0 Å². The molecule has 0 atom stereocenters. The van der Waals surface area contributed by atoms with Gasteiger partial charge in [0.1, 0.15) is 5.82 Å². The maximum Gasteiger partial charge on any atom is 0.193 e. The lowest BCUT2D eigenvalue weighted by atomic mass is 9.94. The van der Waals surface area contributed by atoms with Gasteiger partial charge in [0, 0.05) is 45.5 Å². The van der Waals surface area contributed by atoms with Gasteiger partial charge in [0.2, 0.25) is 0 Å². The zero-order valence-electron chi connectivity index (χ0n) is 16.5. The third-order valence-corrected chi connectivity index (χ3v) is 5.66. The molecule has 1 aromatic rings. The number of hydrogen-bond acceptors (Lipinski definition) is 3. The molecular formula is C20H33FIN5. The molecule has 0 amide bonds. The summed E-state index contributed by atoms with van der Waals surface area (Å²) in [6.07, 6.45) is 3.85. The molecular weight excluding hydrogens is 456 g/mol. The molecule has 27 heavy (non-hydrogen) atoms. The predicted octanol–water partition coefficient (Wildman–Crippen LogP) is 2.87. The lowest BCUT2D eigenvalue weighted by Gasteiger charge is -2.38. The Kier molecular flexibility index (Phi) is 9.08. The maximum atomic E-state index is 13.1. The van der Waals surface area contributed by atoms with E-state index in [9.17, 15) is 4.39 Å². The predicted molar refractivity (Wildman–Crippen MR) is 122 cm³/mol. The van der Waals surface area contributed by atoms with E-state index in [1.54, 1.807) is 0 Å². The summed E-state index contributed by atoms with van der Waals surface area (Å²) in [6, 6.07) is 6.79. The number of piperidine rings is 1. The number of nitrogens with one attached hydrogen (secondary N) is 1. The number of aliphatic imine (C=N–C) groups is 1. The first-order chi connectivity index (χ1) is 12.7. The number of halogens is 2. The standard InChI is InChI=1S/C20H32FN5.HI/c1-22-20(23-10-7-17-8-11-24(2)12-9-17)26-15-13-25(14-16-26)19-5-3-18(21)4-6-19;/h3-6,17H,7-16H2,1-2H3,(H,22,23);1H. The van der Waals surface area contributed by atoms with Crippen LogP contribution in [-0.4, -0.2) is 75.7 Å². The van der Waals surface area contributed by atoms with E-state index in [0.29, 0.717) is 0 Å². The molecule has 0 saturated carbocycles. The fourth-order valence-electron chi connectivity index (χ4n) is 3.90. The van der Waals surface area contributed by atoms with Gasteiger partial charge in [-0.25, -0.2) is 4.39 Å². The molecule has 0 unspecified atom stereocenters. The van der Waals surface area contributed by atoms with Gasteiger partial charge < -0.3 is 20.0 Å². The SMILES string of the molecule is CN=C(NCCC1CCN(C)CC1)N1CCN(c2ccc(F)cc2)CC1.I. The van der Waals surface area contributed by atoms with Crippen molar-refractivity contribution >= 4 is 35.6 Å². The number of guanidine groups is 1. The third-order valence-electron chi connectivity index (χ3n) is 5.66. The van der Waals surface area contributed by atoms with Crippen LogP contribution in [0, 0.1) is 11.7 Å². The van der Waals surface area contributed by atoms with Gasteiger partial charge >= 0.3 is 0 Å². The average Bonchev–Trinajstić information content (AvgIpc) is 2.68. The first kappa shape index (κ1) is 22.2. The second-order valence-corrected chi connectivity index (χ2v) is 7.46. The topological polar surface area (TPSA) is 34.1 Å². The maximum absolute atomic E-state index is 13.1. The molecule has 0 aliphatic carbocycles. The van der Waals surface area contributed by atoms with Crippen LogP contribution in [0.5, 0.6) is 0 Å². The summed E-state index contributed by atoms with van der Waals surface area (Å²) in [4.78, 5) is 11.5. The highest BCUT2D eigenvalue weighted by atomic mass is 127. The van der Waals surface area contributed by atoms with Crippen LogP contribution in [0.15, 0.2) is 29.3 Å². The molecule has 1 N–H and O–H groups in total. The van der Waals surface area contributed by atoms with Crippen LogP contribution in [-0.2, 0) is 0 Å². The van der Waals surface area contributed by atoms with Crippen molar-refractivity contribution in [3.05, 3.63) is 30.1 Å². The number of rotatable bonds is 4. The molecule has 0 aromatic heterocycles. The smallest absolute Gasteiger partial charge is 0.193 e. The van der Waals surface area contributed by atoms with Crippen LogP contribution >= 0.6 is 24.0 Å². The molecule has 2 fully saturated rings. The van der Waals surface area contributed by atoms with Crippen molar-refractivity contribution in [2.75, 3.05) is 64.8 Å². The van der Waals surface area contributed by atoms with E-state index >= 15 is 0 Å². The van der Waals surface area contributed by atoms with E-state index in [4.69, 9.17) is 0 Å². The summed E-state index contributed by atoms with van der Waals surface area (Å²) in [5.74, 6) is 1.67. The van der Waals surface area contributed by atoms with Gasteiger partial charge in [0.25, 0.3) is 0 Å². The van der Waals surface area contributed by atoms with E-state index in [1.807, 2.05) is 19.2 Å². The van der Waals surface area contributed by atoms with Crippen molar-refractivity contribution in [1.29, 1.82) is 0 Å². The Bertz CT molecular complexity index is 579. The minimum absolute atomic E-state index is 0. The van der Waals surface area contributed by atoms with E-state index in [1.165, 1.54) is 44.5 Å². The van der Waals surface area contributed by atoms with Gasteiger partial charge in [0.05, 0.1) is 0 Å². The summed E-state index contributed by atoms with van der Waals surface area (Å²) >= 11 is 0. The number of nitrogens with zero attached hydrogens (tertiary/aromatic N) is 4. The summed E-state index contributed by atoms with van der Waals surface area (Å²) in [5.41, 5.74) is 1.09. The average molecular weight is 489 g/mol. The Labute approximate surface area is 180 Å². The number of anilines is 1. The summed E-state index contributed by atoms with van der Waals surface area (Å²) in [5, 5.41) is 3.55. The van der Waals surface area contributed by atoms with Gasteiger partial charge in [-0.3, -0.25) is 4.99 Å². The molecule has 152 valence electrons. The van der Waals surface area contributed by atoms with Crippen molar-refractivity contribution in [2.24, 2.45) is 10.9 Å². The van der Waals surface area contributed by atoms with Crippen molar-refractivity contribution in [3.8, 4) is 0 Å². The normalized spacial score (nSPS) is 19.7. The van der Waals surface area contributed by atoms with Crippen LogP contribution in [0.4, 0.5) is 10.1 Å². The minimum Gasteiger partial charge on any atom is -0.368 e. The second kappa shape index (κ2) is 11.0. The van der Waals surface area contributed by atoms with E-state index < -0.39 is 0 Å². The second-order valence-electron chi connectivity index (χ2n) is 7.46. The number of likely N-dealkylation sites (tertiary alicyclic amines) is 1. The highest BCUT2D eigenvalue weighted by molar-refractivity contribution is 14.0. The Hall–Kier alpha value is -1.09. The molecule has 2 saturated heterocycles. The van der Waals surface area contributed by atoms with Crippen LogP contribution < -0.4 is 10.2 Å². The molecule has 2 aliphatic heterocycles. The molecule has 5 nitrogen and oxygen atoms in total. The zero-order valence-corrected chi connectivity index (χ0v) is 18.9. The number of piperazine rings is 1. The van der Waals surface area contributed by atoms with E-state index in [2.05, 4.69) is 32.1 Å². The van der Waals surface area contributed by atoms with Crippen LogP contribution in [0.25, 0.3) is 0 Å². The van der Waals surface area contributed by atoms with Gasteiger partial charge in [-0.15, -0.1) is 24.0 Å². The molecule has 0 spiro atoms. The third kappa shape index (κ3) is 6.48. The lowest BCUT2D eigenvalue weighted by molar-refractivity contribution is 0.212. The van der Waals surface area contributed by atoms with Crippen LogP contribution in [0.2, 0.25) is 0 Å². The Morgan fingerprint density at radius 3 is 2.30 bits per heavy atom. The van der Waals surface area contributed by atoms with E-state index in [0.717, 1.165) is 50.3 Å². The number of hydrogen-bond donors (Lipinski definition) is 1. The molecule has 0 bridgehead atoms. The highest BCUT2D eigenvalue weighted by Crippen LogP contribution is 2.19. The van der Waals surface area contributed by atoms with Gasteiger partial charge in [-0.05, 0) is 69.6 Å². The van der Waals surface area contributed by atoms with Crippen LogP contribution in [0.3, 0.4) is 0 Å². The van der Waals surface area contributed by atoms with Crippen molar-refractivity contribution in [2.45, 2.75) is 19.3 Å². The van der Waals surface area contributed by atoms with E-state index in [-0.39, 0.29) is 29.8 Å². The van der Waals surface area contributed by atoms with Gasteiger partial charge in [0.15, 0.2) is 5.96 Å². The summed E-state index contributed by atoms with van der Waals surface area (Å²) in [6.45, 7) is 7.19. The molecule has 2 heterocycles. The van der Waals surface area contributed by atoms with Gasteiger partial charge in [-0.2, -0.15) is 0 Å². The first-order valence-electron chi connectivity index (χ1n) is 9.80.